The third kappa shape index (κ3) is 3.76. The van der Waals surface area contributed by atoms with E-state index in [0.29, 0.717) is 22.5 Å². The van der Waals surface area contributed by atoms with Crippen molar-refractivity contribution >= 4 is 39.8 Å². The first kappa shape index (κ1) is 12.5. The van der Waals surface area contributed by atoms with Crippen molar-refractivity contribution in [2.24, 2.45) is 0 Å². The Morgan fingerprint density at radius 1 is 1.35 bits per heavy atom. The fourth-order valence-corrected chi connectivity index (χ4v) is 2.84. The quantitative estimate of drug-likeness (QED) is 0.677. The van der Waals surface area contributed by atoms with E-state index in [1.807, 2.05) is 18.2 Å². The van der Waals surface area contributed by atoms with Gasteiger partial charge in [-0.15, -0.1) is 10.2 Å². The lowest BCUT2D eigenvalue weighted by atomic mass is 10.3. The predicted octanol–water partition coefficient (Wildman–Crippen LogP) is 2.94. The molecule has 1 heterocycles. The van der Waals surface area contributed by atoms with Crippen LogP contribution in [0.2, 0.25) is 5.02 Å². The molecule has 1 aromatic heterocycles. The molecule has 2 N–H and O–H groups in total. The third-order valence-corrected chi connectivity index (χ3v) is 3.99. The molecule has 1 aromatic carbocycles. The molecule has 0 saturated heterocycles. The maximum atomic E-state index is 5.95. The average Bonchev–Trinajstić information content (AvgIpc) is 2.73. The number of para-hydroxylation sites is 1. The Hall–Kier alpha value is -0.980. The molecule has 0 radical (unpaired) electrons. The smallest absolute Gasteiger partial charge is 0.203 e. The van der Waals surface area contributed by atoms with Crippen LogP contribution in [-0.2, 0) is 0 Å². The van der Waals surface area contributed by atoms with Gasteiger partial charge in [0.05, 0.1) is 11.6 Å². The number of anilines is 1. The Morgan fingerprint density at radius 3 is 2.88 bits per heavy atom. The largest absolute Gasteiger partial charge is 0.491 e. The number of ether oxygens (including phenoxy) is 1. The number of nitrogens with zero attached hydrogens (tertiary/aromatic N) is 2. The summed E-state index contributed by atoms with van der Waals surface area (Å²) >= 11 is 8.89. The zero-order chi connectivity index (χ0) is 12.1. The first-order valence-corrected chi connectivity index (χ1v) is 7.03. The number of nitrogen functional groups attached to an aromatic ring is 1. The molecule has 0 bridgehead atoms. The van der Waals surface area contributed by atoms with E-state index >= 15 is 0 Å². The normalized spacial score (nSPS) is 10.4. The SMILES string of the molecule is Nc1nnc(SCCOc2ccccc2Cl)s1. The molecule has 2 rings (SSSR count). The minimum absolute atomic E-state index is 0.486. The van der Waals surface area contributed by atoms with Crippen LogP contribution in [0.4, 0.5) is 5.13 Å². The third-order valence-electron chi connectivity index (χ3n) is 1.83. The summed E-state index contributed by atoms with van der Waals surface area (Å²) in [5.41, 5.74) is 5.48. The lowest BCUT2D eigenvalue weighted by molar-refractivity contribution is 0.344. The van der Waals surface area contributed by atoms with Crippen molar-refractivity contribution in [2.45, 2.75) is 4.34 Å². The van der Waals surface area contributed by atoms with E-state index in [-0.39, 0.29) is 0 Å². The van der Waals surface area contributed by atoms with Gasteiger partial charge in [-0.3, -0.25) is 0 Å². The summed E-state index contributed by atoms with van der Waals surface area (Å²) in [6.45, 7) is 0.563. The maximum absolute atomic E-state index is 5.95. The van der Waals surface area contributed by atoms with Crippen molar-refractivity contribution in [3.63, 3.8) is 0 Å². The fourth-order valence-electron chi connectivity index (χ4n) is 1.12. The summed E-state index contributed by atoms with van der Waals surface area (Å²) in [5, 5.41) is 8.74. The number of hydrogen-bond acceptors (Lipinski definition) is 6. The van der Waals surface area contributed by atoms with E-state index in [2.05, 4.69) is 10.2 Å². The van der Waals surface area contributed by atoms with Crippen LogP contribution in [0.15, 0.2) is 28.6 Å². The number of hydrogen-bond donors (Lipinski definition) is 1. The second kappa shape index (κ2) is 6.09. The van der Waals surface area contributed by atoms with E-state index in [1.165, 1.54) is 11.3 Å². The molecule has 90 valence electrons. The monoisotopic (exact) mass is 287 g/mol. The van der Waals surface area contributed by atoms with Crippen LogP contribution < -0.4 is 10.5 Å². The average molecular weight is 288 g/mol. The highest BCUT2D eigenvalue weighted by atomic mass is 35.5. The number of rotatable bonds is 5. The van der Waals surface area contributed by atoms with Crippen molar-refractivity contribution < 1.29 is 4.74 Å². The molecule has 17 heavy (non-hydrogen) atoms. The summed E-state index contributed by atoms with van der Waals surface area (Å²) in [6, 6.07) is 7.40. The van der Waals surface area contributed by atoms with Gasteiger partial charge in [-0.25, -0.2) is 0 Å². The van der Waals surface area contributed by atoms with Crippen molar-refractivity contribution in [3.05, 3.63) is 29.3 Å². The molecule has 0 spiro atoms. The van der Waals surface area contributed by atoms with Gasteiger partial charge in [0.15, 0.2) is 4.34 Å². The number of nitrogens with two attached hydrogens (primary N) is 1. The highest BCUT2D eigenvalue weighted by Gasteiger charge is 2.03. The molecule has 0 fully saturated rings. The van der Waals surface area contributed by atoms with Crippen LogP contribution in [0.3, 0.4) is 0 Å². The van der Waals surface area contributed by atoms with Crippen molar-refractivity contribution in [2.75, 3.05) is 18.1 Å². The summed E-state index contributed by atoms with van der Waals surface area (Å²) in [5.74, 6) is 1.48. The van der Waals surface area contributed by atoms with Gasteiger partial charge in [0.1, 0.15) is 5.75 Å². The van der Waals surface area contributed by atoms with Crippen LogP contribution in [0.25, 0.3) is 0 Å². The van der Waals surface area contributed by atoms with Gasteiger partial charge >= 0.3 is 0 Å². The van der Waals surface area contributed by atoms with Crippen LogP contribution >= 0.6 is 34.7 Å². The molecule has 4 nitrogen and oxygen atoms in total. The standard InChI is InChI=1S/C10H10ClN3OS2/c11-7-3-1-2-4-8(7)15-5-6-16-10-14-13-9(12)17-10/h1-4H,5-6H2,(H2,12,13). The molecule has 0 atom stereocenters. The molecule has 0 aliphatic rings. The lowest BCUT2D eigenvalue weighted by Gasteiger charge is -2.06. The van der Waals surface area contributed by atoms with Gasteiger partial charge in [-0.1, -0.05) is 46.8 Å². The van der Waals surface area contributed by atoms with Gasteiger partial charge < -0.3 is 10.5 Å². The number of thioether (sulfide) groups is 1. The molecule has 0 amide bonds. The van der Waals surface area contributed by atoms with E-state index in [9.17, 15) is 0 Å². The van der Waals surface area contributed by atoms with Crippen LogP contribution in [0, 0.1) is 0 Å². The molecule has 0 saturated carbocycles. The van der Waals surface area contributed by atoms with Crippen molar-refractivity contribution in [1.29, 1.82) is 0 Å². The van der Waals surface area contributed by atoms with E-state index in [0.717, 1.165) is 10.1 Å². The lowest BCUT2D eigenvalue weighted by Crippen LogP contribution is -2.00. The molecule has 2 aromatic rings. The fraction of sp³-hybridized carbons (Fsp3) is 0.200. The summed E-state index contributed by atoms with van der Waals surface area (Å²) in [6.07, 6.45) is 0. The molecular weight excluding hydrogens is 278 g/mol. The van der Waals surface area contributed by atoms with Gasteiger partial charge in [-0.05, 0) is 12.1 Å². The summed E-state index contributed by atoms with van der Waals surface area (Å²) in [7, 11) is 0. The zero-order valence-corrected chi connectivity index (χ0v) is 11.2. The Bertz CT molecular complexity index is 492. The predicted molar refractivity (Wildman–Crippen MR) is 72.0 cm³/mol. The summed E-state index contributed by atoms with van der Waals surface area (Å²) < 4.78 is 6.39. The number of benzene rings is 1. The minimum Gasteiger partial charge on any atom is -0.491 e. The van der Waals surface area contributed by atoms with Crippen LogP contribution in [0.1, 0.15) is 0 Å². The number of halogens is 1. The zero-order valence-electron chi connectivity index (χ0n) is 8.80. The van der Waals surface area contributed by atoms with Gasteiger partial charge in [0, 0.05) is 5.75 Å². The molecule has 7 heteroatoms. The van der Waals surface area contributed by atoms with Crippen LogP contribution in [0.5, 0.6) is 5.75 Å². The highest BCUT2D eigenvalue weighted by Crippen LogP contribution is 2.25. The Labute approximate surface area is 112 Å². The van der Waals surface area contributed by atoms with Crippen molar-refractivity contribution in [3.8, 4) is 5.75 Å². The number of aromatic nitrogens is 2. The van der Waals surface area contributed by atoms with E-state index in [1.54, 1.807) is 17.8 Å². The summed E-state index contributed by atoms with van der Waals surface area (Å²) in [4.78, 5) is 0. The van der Waals surface area contributed by atoms with E-state index in [4.69, 9.17) is 22.1 Å². The van der Waals surface area contributed by atoms with Gasteiger partial charge in [-0.2, -0.15) is 0 Å². The van der Waals surface area contributed by atoms with Crippen LogP contribution in [-0.4, -0.2) is 22.6 Å². The maximum Gasteiger partial charge on any atom is 0.203 e. The Morgan fingerprint density at radius 2 is 2.18 bits per heavy atom. The Kier molecular flexibility index (Phi) is 4.47. The Balaban J connectivity index is 1.75. The molecule has 0 aliphatic carbocycles. The minimum atomic E-state index is 0.486. The molecular formula is C10H10ClN3OS2. The first-order chi connectivity index (χ1) is 8.25. The topological polar surface area (TPSA) is 61.0 Å². The highest BCUT2D eigenvalue weighted by molar-refractivity contribution is 8.01. The molecule has 0 aliphatic heterocycles. The van der Waals surface area contributed by atoms with Gasteiger partial charge in [0.25, 0.3) is 0 Å². The second-order valence-corrected chi connectivity index (χ2v) is 5.79. The van der Waals surface area contributed by atoms with Gasteiger partial charge in [0.2, 0.25) is 5.13 Å². The molecule has 0 unspecified atom stereocenters. The first-order valence-electron chi connectivity index (χ1n) is 4.85. The second-order valence-electron chi connectivity index (χ2n) is 3.03. The van der Waals surface area contributed by atoms with E-state index < -0.39 is 0 Å². The van der Waals surface area contributed by atoms with Crippen molar-refractivity contribution in [1.82, 2.24) is 10.2 Å².